The normalized spacial score (nSPS) is 19.6. The summed E-state index contributed by atoms with van der Waals surface area (Å²) in [5.41, 5.74) is 5.44. The van der Waals surface area contributed by atoms with Gasteiger partial charge < -0.3 is 5.32 Å². The van der Waals surface area contributed by atoms with E-state index < -0.39 is 0 Å². The number of carbonyl (C=O) groups is 1. The van der Waals surface area contributed by atoms with Gasteiger partial charge in [-0.25, -0.2) is 4.98 Å². The van der Waals surface area contributed by atoms with Crippen LogP contribution in [-0.4, -0.2) is 38.7 Å². The molecular weight excluding hydrogens is 386 g/mol. The van der Waals surface area contributed by atoms with Crippen molar-refractivity contribution in [2.45, 2.75) is 47.2 Å². The van der Waals surface area contributed by atoms with Crippen molar-refractivity contribution in [2.24, 2.45) is 18.9 Å². The highest BCUT2D eigenvalue weighted by atomic mass is 16.1. The predicted molar refractivity (Wildman–Crippen MR) is 124 cm³/mol. The molecule has 1 amide bonds. The summed E-state index contributed by atoms with van der Waals surface area (Å²) in [6.07, 6.45) is 1.33. The Balaban J connectivity index is 1.41. The smallest absolute Gasteiger partial charge is 0.252 e. The Hall–Kier alpha value is -2.73. The topological polar surface area (TPSA) is 63.1 Å². The number of pyridine rings is 1. The first-order valence-corrected chi connectivity index (χ1v) is 11.2. The quantitative estimate of drug-likeness (QED) is 0.679. The number of carbonyl (C=O) groups excluding carboxylic acids is 1. The van der Waals surface area contributed by atoms with E-state index >= 15 is 0 Å². The molecule has 0 saturated carbocycles. The lowest BCUT2D eigenvalue weighted by atomic mass is 9.91. The van der Waals surface area contributed by atoms with Crippen molar-refractivity contribution in [1.82, 2.24) is 25.0 Å². The fraction of sp³-hybridized carbons (Fsp3) is 0.480. The molecule has 0 bridgehead atoms. The number of amides is 1. The minimum absolute atomic E-state index is 0.0908. The van der Waals surface area contributed by atoms with Gasteiger partial charge in [0.15, 0.2) is 5.65 Å². The number of aromatic nitrogens is 3. The van der Waals surface area contributed by atoms with Crippen molar-refractivity contribution in [3.63, 3.8) is 0 Å². The highest BCUT2D eigenvalue weighted by Crippen LogP contribution is 2.23. The third kappa shape index (κ3) is 4.79. The Morgan fingerprint density at radius 2 is 1.74 bits per heavy atom. The van der Waals surface area contributed by atoms with E-state index in [-0.39, 0.29) is 5.91 Å². The third-order valence-corrected chi connectivity index (χ3v) is 6.17. The van der Waals surface area contributed by atoms with Gasteiger partial charge in [0, 0.05) is 38.9 Å². The average molecular weight is 420 g/mol. The van der Waals surface area contributed by atoms with Gasteiger partial charge >= 0.3 is 0 Å². The molecule has 1 aliphatic rings. The number of hydrogen-bond acceptors (Lipinski definition) is 4. The lowest BCUT2D eigenvalue weighted by molar-refractivity contribution is 0.0952. The van der Waals surface area contributed by atoms with Gasteiger partial charge in [-0.2, -0.15) is 5.10 Å². The van der Waals surface area contributed by atoms with Crippen molar-refractivity contribution in [3.05, 3.63) is 58.4 Å². The van der Waals surface area contributed by atoms with E-state index in [1.54, 1.807) is 4.68 Å². The number of rotatable bonds is 5. The Kier molecular flexibility index (Phi) is 6.10. The fourth-order valence-electron chi connectivity index (χ4n) is 4.97. The second-order valence-electron chi connectivity index (χ2n) is 9.36. The number of nitrogens with zero attached hydrogens (tertiary/aromatic N) is 4. The Morgan fingerprint density at radius 1 is 1.10 bits per heavy atom. The molecule has 1 saturated heterocycles. The van der Waals surface area contributed by atoms with Gasteiger partial charge in [-0.3, -0.25) is 14.4 Å². The van der Waals surface area contributed by atoms with Crippen LogP contribution in [0.3, 0.4) is 0 Å². The molecule has 2 aromatic heterocycles. The second-order valence-corrected chi connectivity index (χ2v) is 9.36. The molecule has 0 aliphatic carbocycles. The maximum Gasteiger partial charge on any atom is 0.252 e. The van der Waals surface area contributed by atoms with Crippen molar-refractivity contribution < 1.29 is 4.79 Å². The van der Waals surface area contributed by atoms with E-state index in [1.165, 1.54) is 25.1 Å². The number of fused-ring (bicyclic) bond motifs is 1. The van der Waals surface area contributed by atoms with Gasteiger partial charge in [0.1, 0.15) is 0 Å². The molecule has 164 valence electrons. The van der Waals surface area contributed by atoms with Crippen LogP contribution in [0.1, 0.15) is 53.1 Å². The summed E-state index contributed by atoms with van der Waals surface area (Å²) >= 11 is 0. The third-order valence-electron chi connectivity index (χ3n) is 6.17. The van der Waals surface area contributed by atoms with E-state index in [0.29, 0.717) is 12.1 Å². The summed E-state index contributed by atoms with van der Waals surface area (Å²) in [6, 6.07) is 10.5. The minimum atomic E-state index is -0.0908. The molecule has 2 atom stereocenters. The van der Waals surface area contributed by atoms with E-state index in [0.717, 1.165) is 46.4 Å². The Labute approximate surface area is 184 Å². The predicted octanol–water partition coefficient (Wildman–Crippen LogP) is 3.99. The summed E-state index contributed by atoms with van der Waals surface area (Å²) in [7, 11) is 1.86. The molecule has 2 unspecified atom stereocenters. The zero-order chi connectivity index (χ0) is 22.1. The van der Waals surface area contributed by atoms with E-state index in [2.05, 4.69) is 58.4 Å². The molecule has 31 heavy (non-hydrogen) atoms. The maximum atomic E-state index is 13.0. The molecule has 1 aliphatic heterocycles. The number of nitrogens with one attached hydrogen (secondary N) is 1. The highest BCUT2D eigenvalue weighted by Gasteiger charge is 2.21. The molecule has 1 fully saturated rings. The molecular formula is C25H33N5O. The molecule has 6 nitrogen and oxygen atoms in total. The van der Waals surface area contributed by atoms with Gasteiger partial charge in [0.05, 0.1) is 16.6 Å². The van der Waals surface area contributed by atoms with E-state index in [1.807, 2.05) is 27.0 Å². The van der Waals surface area contributed by atoms with Gasteiger partial charge in [0.2, 0.25) is 0 Å². The van der Waals surface area contributed by atoms with Crippen molar-refractivity contribution in [3.8, 4) is 0 Å². The van der Waals surface area contributed by atoms with Gasteiger partial charge in [0.25, 0.3) is 5.91 Å². The monoisotopic (exact) mass is 419 g/mol. The first kappa shape index (κ1) is 21.5. The van der Waals surface area contributed by atoms with Crippen LogP contribution in [-0.2, 0) is 20.1 Å². The minimum Gasteiger partial charge on any atom is -0.348 e. The summed E-state index contributed by atoms with van der Waals surface area (Å²) in [5.74, 6) is 1.45. The van der Waals surface area contributed by atoms with Crippen molar-refractivity contribution in [2.75, 3.05) is 13.1 Å². The van der Waals surface area contributed by atoms with Crippen molar-refractivity contribution >= 4 is 16.9 Å². The maximum absolute atomic E-state index is 13.0. The van der Waals surface area contributed by atoms with Crippen molar-refractivity contribution in [1.29, 1.82) is 0 Å². The lowest BCUT2D eigenvalue weighted by Crippen LogP contribution is -2.38. The van der Waals surface area contributed by atoms with Crippen LogP contribution >= 0.6 is 0 Å². The molecule has 1 N–H and O–H groups in total. The Bertz CT molecular complexity index is 1080. The number of benzene rings is 1. The fourth-order valence-corrected chi connectivity index (χ4v) is 4.97. The summed E-state index contributed by atoms with van der Waals surface area (Å²) in [5, 5.41) is 8.32. The molecule has 0 spiro atoms. The first-order valence-electron chi connectivity index (χ1n) is 11.2. The van der Waals surface area contributed by atoms with Crippen LogP contribution in [0.5, 0.6) is 0 Å². The molecule has 4 rings (SSSR count). The number of hydrogen-bond donors (Lipinski definition) is 1. The second kappa shape index (κ2) is 8.79. The molecule has 3 aromatic rings. The van der Waals surface area contributed by atoms with E-state index in [9.17, 15) is 4.79 Å². The zero-order valence-electron chi connectivity index (χ0n) is 19.3. The highest BCUT2D eigenvalue weighted by molar-refractivity contribution is 6.06. The summed E-state index contributed by atoms with van der Waals surface area (Å²) < 4.78 is 1.73. The summed E-state index contributed by atoms with van der Waals surface area (Å²) in [4.78, 5) is 20.1. The number of aryl methyl sites for hydroxylation is 3. The van der Waals surface area contributed by atoms with Crippen LogP contribution in [0, 0.1) is 25.7 Å². The number of piperidine rings is 1. The Morgan fingerprint density at radius 3 is 2.42 bits per heavy atom. The number of likely N-dealkylation sites (tertiary alicyclic amines) is 1. The SMILES string of the molecule is Cc1cc(C(=O)NCc2ccc(CN3CC(C)CC(C)C3)cc2)c2c(C)nn(C)c2n1. The molecule has 0 radical (unpaired) electrons. The van der Waals surface area contributed by atoms with Crippen LogP contribution in [0.25, 0.3) is 11.0 Å². The molecule has 6 heteroatoms. The van der Waals surface area contributed by atoms with Crippen LogP contribution in [0.2, 0.25) is 0 Å². The van der Waals surface area contributed by atoms with Crippen LogP contribution < -0.4 is 5.32 Å². The zero-order valence-corrected chi connectivity index (χ0v) is 19.3. The first-order chi connectivity index (χ1) is 14.8. The van der Waals surface area contributed by atoms with Crippen LogP contribution in [0.15, 0.2) is 30.3 Å². The largest absolute Gasteiger partial charge is 0.348 e. The van der Waals surface area contributed by atoms with Gasteiger partial charge in [-0.15, -0.1) is 0 Å². The molecule has 1 aromatic carbocycles. The van der Waals surface area contributed by atoms with Gasteiger partial charge in [-0.05, 0) is 49.3 Å². The average Bonchev–Trinajstić information content (AvgIpc) is 2.99. The van der Waals surface area contributed by atoms with Gasteiger partial charge in [-0.1, -0.05) is 38.1 Å². The lowest BCUT2D eigenvalue weighted by Gasteiger charge is -2.35. The molecule has 3 heterocycles. The standard InChI is InChI=1S/C25H33N5O/c1-16-10-17(2)14-30(13-16)15-21-8-6-20(7-9-21)12-26-25(31)22-11-18(3)27-24-23(22)19(4)28-29(24)5/h6-9,11,16-17H,10,12-15H2,1-5H3,(H,26,31). The van der Waals surface area contributed by atoms with Crippen LogP contribution in [0.4, 0.5) is 0 Å². The van der Waals surface area contributed by atoms with E-state index in [4.69, 9.17) is 0 Å². The summed E-state index contributed by atoms with van der Waals surface area (Å²) in [6.45, 7) is 12.4.